The van der Waals surface area contributed by atoms with Crippen LogP contribution in [0.15, 0.2) is 48.5 Å². The number of ether oxygens (including phenoxy) is 2. The van der Waals surface area contributed by atoms with Gasteiger partial charge in [0.15, 0.2) is 0 Å². The van der Waals surface area contributed by atoms with Gasteiger partial charge in [-0.1, -0.05) is 74.6 Å². The molecule has 0 saturated carbocycles. The molecule has 0 aliphatic carbocycles. The lowest BCUT2D eigenvalue weighted by atomic mass is 9.98. The SMILES string of the molecule is CCCCCCCN(C(=O)C(Cc1ccc(O)cc1)NC(=O)OC(C)(C)C)C(C(=O)NCCC(=O)OCC)c1cccc(C)c1. The normalized spacial score (nSPS) is 12.5. The van der Waals surface area contributed by atoms with Gasteiger partial charge in [-0.2, -0.15) is 0 Å². The maximum atomic E-state index is 14.6. The molecule has 2 unspecified atom stereocenters. The fourth-order valence-corrected chi connectivity index (χ4v) is 4.90. The molecule has 0 spiro atoms. The number of hydrogen-bond donors (Lipinski definition) is 3. The van der Waals surface area contributed by atoms with Crippen LogP contribution in [0.5, 0.6) is 5.75 Å². The van der Waals surface area contributed by atoms with E-state index in [0.717, 1.165) is 31.2 Å². The molecule has 0 aliphatic heterocycles. The van der Waals surface area contributed by atoms with Gasteiger partial charge in [0.25, 0.3) is 0 Å². The summed E-state index contributed by atoms with van der Waals surface area (Å²) in [5, 5.41) is 15.4. The van der Waals surface area contributed by atoms with E-state index in [9.17, 15) is 24.3 Å². The van der Waals surface area contributed by atoms with E-state index < -0.39 is 41.6 Å². The number of rotatable bonds is 17. The van der Waals surface area contributed by atoms with Crippen LogP contribution < -0.4 is 10.6 Å². The highest BCUT2D eigenvalue weighted by Crippen LogP contribution is 2.25. The van der Waals surface area contributed by atoms with E-state index in [1.807, 2.05) is 25.1 Å². The van der Waals surface area contributed by atoms with E-state index in [0.29, 0.717) is 17.5 Å². The number of aryl methyl sites for hydroxylation is 1. The number of nitrogens with zero attached hydrogens (tertiary/aromatic N) is 1. The van der Waals surface area contributed by atoms with Gasteiger partial charge in [-0.15, -0.1) is 0 Å². The minimum absolute atomic E-state index is 0.00520. The second-order valence-electron chi connectivity index (χ2n) is 12.2. The third kappa shape index (κ3) is 13.6. The Balaban J connectivity index is 2.52. The molecule has 0 radical (unpaired) electrons. The van der Waals surface area contributed by atoms with Crippen molar-refractivity contribution in [1.29, 1.82) is 0 Å². The number of esters is 1. The summed E-state index contributed by atoms with van der Waals surface area (Å²) in [7, 11) is 0. The van der Waals surface area contributed by atoms with Crippen molar-refractivity contribution in [2.24, 2.45) is 0 Å². The van der Waals surface area contributed by atoms with Crippen LogP contribution >= 0.6 is 0 Å². The quantitative estimate of drug-likeness (QED) is 0.151. The van der Waals surface area contributed by atoms with Gasteiger partial charge in [0.05, 0.1) is 13.0 Å². The molecule has 0 bridgehead atoms. The van der Waals surface area contributed by atoms with E-state index >= 15 is 0 Å². The molecular formula is C35H51N3O7. The van der Waals surface area contributed by atoms with Crippen LogP contribution in [-0.4, -0.2) is 65.2 Å². The number of amides is 3. The average Bonchev–Trinajstić information content (AvgIpc) is 2.96. The van der Waals surface area contributed by atoms with Crippen molar-refractivity contribution in [3.8, 4) is 5.75 Å². The molecule has 248 valence electrons. The van der Waals surface area contributed by atoms with Gasteiger partial charge in [-0.3, -0.25) is 14.4 Å². The largest absolute Gasteiger partial charge is 0.508 e. The number of alkyl carbamates (subject to hydrolysis) is 1. The van der Waals surface area contributed by atoms with Crippen molar-refractivity contribution >= 4 is 23.9 Å². The topological polar surface area (TPSA) is 134 Å². The maximum absolute atomic E-state index is 14.6. The van der Waals surface area contributed by atoms with Crippen LogP contribution in [0, 0.1) is 6.92 Å². The Bertz CT molecular complexity index is 1240. The number of phenols is 1. The van der Waals surface area contributed by atoms with Crippen molar-refractivity contribution in [3.05, 3.63) is 65.2 Å². The molecule has 2 rings (SSSR count). The summed E-state index contributed by atoms with van der Waals surface area (Å²) in [6, 6.07) is 11.7. The predicted octanol–water partition coefficient (Wildman–Crippen LogP) is 5.75. The van der Waals surface area contributed by atoms with Crippen LogP contribution in [0.1, 0.15) is 95.9 Å². The van der Waals surface area contributed by atoms with Gasteiger partial charge in [-0.25, -0.2) is 4.79 Å². The van der Waals surface area contributed by atoms with Crippen LogP contribution in [0.2, 0.25) is 0 Å². The van der Waals surface area contributed by atoms with Crippen LogP contribution in [0.25, 0.3) is 0 Å². The monoisotopic (exact) mass is 625 g/mol. The molecule has 3 N–H and O–H groups in total. The third-order valence-corrected chi connectivity index (χ3v) is 7.00. The molecule has 3 amide bonds. The second kappa shape index (κ2) is 18.7. The highest BCUT2D eigenvalue weighted by molar-refractivity contribution is 5.92. The first-order valence-corrected chi connectivity index (χ1v) is 15.9. The number of carbonyl (C=O) groups is 4. The number of unbranched alkanes of at least 4 members (excludes halogenated alkanes) is 4. The molecule has 0 saturated heterocycles. The Kier molecular flexibility index (Phi) is 15.4. The molecule has 0 heterocycles. The maximum Gasteiger partial charge on any atom is 0.408 e. The Hall–Kier alpha value is -4.08. The molecular weight excluding hydrogens is 574 g/mol. The average molecular weight is 626 g/mol. The molecule has 10 heteroatoms. The molecule has 2 aromatic carbocycles. The first-order chi connectivity index (χ1) is 21.3. The van der Waals surface area contributed by atoms with Crippen LogP contribution in [0.3, 0.4) is 0 Å². The Morgan fingerprint density at radius 2 is 1.64 bits per heavy atom. The lowest BCUT2D eigenvalue weighted by molar-refractivity contribution is -0.144. The zero-order valence-corrected chi connectivity index (χ0v) is 27.7. The summed E-state index contributed by atoms with van der Waals surface area (Å²) in [6.45, 7) is 11.5. The molecule has 2 atom stereocenters. The molecule has 0 aliphatic rings. The van der Waals surface area contributed by atoms with Gasteiger partial charge in [0.2, 0.25) is 11.8 Å². The lowest BCUT2D eigenvalue weighted by Crippen LogP contribution is -2.54. The van der Waals surface area contributed by atoms with E-state index in [1.54, 1.807) is 45.9 Å². The molecule has 45 heavy (non-hydrogen) atoms. The van der Waals surface area contributed by atoms with E-state index in [-0.39, 0.29) is 38.3 Å². The number of hydrogen-bond acceptors (Lipinski definition) is 7. The minimum atomic E-state index is -1.07. The smallest absolute Gasteiger partial charge is 0.408 e. The number of nitrogens with one attached hydrogen (secondary N) is 2. The minimum Gasteiger partial charge on any atom is -0.508 e. The van der Waals surface area contributed by atoms with Crippen molar-refractivity contribution in [1.82, 2.24) is 15.5 Å². The van der Waals surface area contributed by atoms with Gasteiger partial charge < -0.3 is 30.1 Å². The molecule has 0 fully saturated rings. The van der Waals surface area contributed by atoms with Crippen molar-refractivity contribution < 1.29 is 33.8 Å². The van der Waals surface area contributed by atoms with Crippen molar-refractivity contribution in [3.63, 3.8) is 0 Å². The van der Waals surface area contributed by atoms with Crippen LogP contribution in [-0.2, 0) is 30.3 Å². The summed E-state index contributed by atoms with van der Waals surface area (Å²) < 4.78 is 10.5. The zero-order valence-electron chi connectivity index (χ0n) is 27.7. The summed E-state index contributed by atoms with van der Waals surface area (Å²) in [6.07, 6.45) is 3.98. The number of benzene rings is 2. The molecule has 2 aromatic rings. The van der Waals surface area contributed by atoms with Gasteiger partial charge in [-0.05, 0) is 64.3 Å². The summed E-state index contributed by atoms with van der Waals surface area (Å²) in [5.74, 6) is -1.23. The van der Waals surface area contributed by atoms with Gasteiger partial charge in [0, 0.05) is 19.5 Å². The third-order valence-electron chi connectivity index (χ3n) is 7.00. The molecule has 0 aromatic heterocycles. The Labute approximate surface area is 267 Å². The van der Waals surface area contributed by atoms with E-state index in [2.05, 4.69) is 17.6 Å². The predicted molar refractivity (Wildman–Crippen MR) is 174 cm³/mol. The zero-order chi connectivity index (χ0) is 33.4. The fourth-order valence-electron chi connectivity index (χ4n) is 4.90. The highest BCUT2D eigenvalue weighted by Gasteiger charge is 2.36. The summed E-state index contributed by atoms with van der Waals surface area (Å²) >= 11 is 0. The van der Waals surface area contributed by atoms with Gasteiger partial charge >= 0.3 is 12.1 Å². The molecule has 10 nitrogen and oxygen atoms in total. The second-order valence-corrected chi connectivity index (χ2v) is 12.2. The van der Waals surface area contributed by atoms with Crippen molar-refractivity contribution in [2.75, 3.05) is 19.7 Å². The van der Waals surface area contributed by atoms with Crippen molar-refractivity contribution in [2.45, 2.75) is 104 Å². The van der Waals surface area contributed by atoms with Crippen LogP contribution in [0.4, 0.5) is 4.79 Å². The number of carbonyl (C=O) groups excluding carboxylic acids is 4. The lowest BCUT2D eigenvalue weighted by Gasteiger charge is -2.35. The standard InChI is InChI=1S/C35H51N3O7/c1-7-9-10-11-12-22-38(31(27-15-13-14-25(3)23-27)32(41)36-21-20-30(40)44-8-2)33(42)29(37-34(43)45-35(4,5)6)24-26-16-18-28(39)19-17-26/h13-19,23,29,31,39H,7-12,20-22,24H2,1-6H3,(H,36,41)(H,37,43). The highest BCUT2D eigenvalue weighted by atomic mass is 16.6. The summed E-state index contributed by atoms with van der Waals surface area (Å²) in [5.41, 5.74) is 1.44. The number of phenolic OH excluding ortho intramolecular Hbond substituents is 1. The summed E-state index contributed by atoms with van der Waals surface area (Å²) in [4.78, 5) is 54.9. The first kappa shape index (κ1) is 37.1. The number of aromatic hydroxyl groups is 1. The van der Waals surface area contributed by atoms with Gasteiger partial charge in [0.1, 0.15) is 23.4 Å². The van der Waals surface area contributed by atoms with E-state index in [1.165, 1.54) is 17.0 Å². The Morgan fingerprint density at radius 1 is 0.956 bits per heavy atom. The fraction of sp³-hybridized carbons (Fsp3) is 0.543. The van der Waals surface area contributed by atoms with E-state index in [4.69, 9.17) is 9.47 Å². The first-order valence-electron chi connectivity index (χ1n) is 15.9. The Morgan fingerprint density at radius 3 is 2.27 bits per heavy atom.